The number of rotatable bonds is 5. The summed E-state index contributed by atoms with van der Waals surface area (Å²) < 4.78 is 5.22. The van der Waals surface area contributed by atoms with Gasteiger partial charge in [0.15, 0.2) is 11.6 Å². The molecular weight excluding hydrogens is 326 g/mol. The minimum Gasteiger partial charge on any atom is -0.384 e. The van der Waals surface area contributed by atoms with Gasteiger partial charge in [-0.1, -0.05) is 35.5 Å². The molecule has 6 nitrogen and oxygen atoms in total. The van der Waals surface area contributed by atoms with Crippen molar-refractivity contribution in [1.29, 1.82) is 0 Å². The van der Waals surface area contributed by atoms with Crippen LogP contribution in [0.3, 0.4) is 0 Å². The van der Waals surface area contributed by atoms with Crippen molar-refractivity contribution in [2.75, 3.05) is 11.9 Å². The molecule has 0 saturated carbocycles. The van der Waals surface area contributed by atoms with Crippen LogP contribution in [0.25, 0.3) is 11.3 Å². The number of carbonyl (C=O) groups excluding carboxylic acids is 1. The van der Waals surface area contributed by atoms with Crippen LogP contribution in [0.15, 0.2) is 57.7 Å². The molecule has 0 bridgehead atoms. The van der Waals surface area contributed by atoms with Crippen LogP contribution in [0.5, 0.6) is 0 Å². The number of aromatic nitrogens is 1. The van der Waals surface area contributed by atoms with E-state index in [9.17, 15) is 9.90 Å². The van der Waals surface area contributed by atoms with Crippen molar-refractivity contribution in [3.05, 3.63) is 58.8 Å². The third-order valence-corrected chi connectivity index (χ3v) is 4.23. The van der Waals surface area contributed by atoms with Gasteiger partial charge in [-0.3, -0.25) is 5.32 Å². The molecule has 3 N–H and O–H groups in total. The maximum atomic E-state index is 12.0. The second kappa shape index (κ2) is 6.86. The molecule has 0 fully saturated rings. The molecule has 3 aromatic rings. The van der Waals surface area contributed by atoms with Gasteiger partial charge in [-0.05, 0) is 29.3 Å². The minimum atomic E-state index is -1.13. The summed E-state index contributed by atoms with van der Waals surface area (Å²) in [6.07, 6.45) is 0. The maximum absolute atomic E-state index is 12.0. The number of urea groups is 1. The highest BCUT2D eigenvalue weighted by Crippen LogP contribution is 2.23. The molecule has 1 aromatic carbocycles. The van der Waals surface area contributed by atoms with E-state index in [4.69, 9.17) is 4.52 Å². The van der Waals surface area contributed by atoms with Crippen LogP contribution in [-0.4, -0.2) is 22.8 Å². The van der Waals surface area contributed by atoms with Gasteiger partial charge in [-0.2, -0.15) is 11.3 Å². The van der Waals surface area contributed by atoms with E-state index in [1.165, 1.54) is 11.3 Å². The van der Waals surface area contributed by atoms with Crippen LogP contribution in [0.4, 0.5) is 10.6 Å². The summed E-state index contributed by atoms with van der Waals surface area (Å²) in [7, 11) is 0. The smallest absolute Gasteiger partial charge is 0.320 e. The Morgan fingerprint density at radius 2 is 2.12 bits per heavy atom. The third-order valence-electron chi connectivity index (χ3n) is 3.55. The zero-order valence-electron chi connectivity index (χ0n) is 13.0. The van der Waals surface area contributed by atoms with E-state index in [-0.39, 0.29) is 6.54 Å². The number of benzene rings is 1. The van der Waals surface area contributed by atoms with E-state index in [1.807, 2.05) is 47.2 Å². The molecule has 2 aromatic heterocycles. The van der Waals surface area contributed by atoms with Gasteiger partial charge in [0, 0.05) is 11.6 Å². The molecule has 24 heavy (non-hydrogen) atoms. The molecule has 3 rings (SSSR count). The van der Waals surface area contributed by atoms with Gasteiger partial charge in [0.2, 0.25) is 0 Å². The summed E-state index contributed by atoms with van der Waals surface area (Å²) in [5, 5.41) is 23.1. The second-order valence-electron chi connectivity index (χ2n) is 5.54. The van der Waals surface area contributed by atoms with Crippen molar-refractivity contribution >= 4 is 23.2 Å². The van der Waals surface area contributed by atoms with Crippen molar-refractivity contribution in [1.82, 2.24) is 10.5 Å². The minimum absolute atomic E-state index is 0.0823. The van der Waals surface area contributed by atoms with Crippen molar-refractivity contribution in [3.8, 4) is 11.3 Å². The molecule has 1 unspecified atom stereocenters. The van der Waals surface area contributed by atoms with Crippen LogP contribution in [0, 0.1) is 0 Å². The van der Waals surface area contributed by atoms with E-state index in [0.29, 0.717) is 11.6 Å². The number of thiophene rings is 1. The molecule has 0 aliphatic rings. The monoisotopic (exact) mass is 343 g/mol. The largest absolute Gasteiger partial charge is 0.384 e. The first-order valence-electron chi connectivity index (χ1n) is 7.37. The Hall–Kier alpha value is -2.64. The number of carbonyl (C=O) groups is 1. The van der Waals surface area contributed by atoms with Gasteiger partial charge < -0.3 is 14.9 Å². The van der Waals surface area contributed by atoms with Crippen molar-refractivity contribution in [2.45, 2.75) is 12.5 Å². The van der Waals surface area contributed by atoms with Crippen molar-refractivity contribution < 1.29 is 14.4 Å². The quantitative estimate of drug-likeness (QED) is 0.662. The van der Waals surface area contributed by atoms with Gasteiger partial charge in [0.05, 0.1) is 6.54 Å². The van der Waals surface area contributed by atoms with Gasteiger partial charge in [-0.25, -0.2) is 4.79 Å². The Morgan fingerprint density at radius 3 is 2.83 bits per heavy atom. The zero-order valence-corrected chi connectivity index (χ0v) is 13.8. The standard InChI is InChI=1S/C17H17N3O3S/c1-17(22,13-7-8-24-10-13)11-18-16(21)19-15-9-14(23-20-15)12-5-3-2-4-6-12/h2-10,22H,11H2,1H3,(H2,18,19,20,21). The molecule has 2 amide bonds. The maximum Gasteiger partial charge on any atom is 0.320 e. The fourth-order valence-corrected chi connectivity index (χ4v) is 2.94. The predicted octanol–water partition coefficient (Wildman–Crippen LogP) is 3.43. The number of nitrogens with zero attached hydrogens (tertiary/aromatic N) is 1. The van der Waals surface area contributed by atoms with Gasteiger partial charge in [-0.15, -0.1) is 0 Å². The highest BCUT2D eigenvalue weighted by Gasteiger charge is 2.24. The first-order valence-corrected chi connectivity index (χ1v) is 8.31. The number of anilines is 1. The summed E-state index contributed by atoms with van der Waals surface area (Å²) in [5.41, 5.74) is 0.510. The van der Waals surface area contributed by atoms with Gasteiger partial charge in [0.25, 0.3) is 0 Å². The van der Waals surface area contributed by atoms with Crippen LogP contribution in [-0.2, 0) is 5.60 Å². The molecule has 0 aliphatic heterocycles. The number of hydrogen-bond acceptors (Lipinski definition) is 5. The molecule has 0 spiro atoms. The molecule has 2 heterocycles. The van der Waals surface area contributed by atoms with E-state index in [0.717, 1.165) is 11.1 Å². The van der Waals surface area contributed by atoms with Crippen molar-refractivity contribution in [2.24, 2.45) is 0 Å². The number of nitrogens with one attached hydrogen (secondary N) is 2. The van der Waals surface area contributed by atoms with Crippen LogP contribution < -0.4 is 10.6 Å². The van der Waals surface area contributed by atoms with Gasteiger partial charge in [0.1, 0.15) is 5.60 Å². The molecule has 7 heteroatoms. The Labute approximate surface area is 143 Å². The molecule has 0 radical (unpaired) electrons. The Balaban J connectivity index is 1.57. The fourth-order valence-electron chi connectivity index (χ4n) is 2.16. The van der Waals surface area contributed by atoms with E-state index >= 15 is 0 Å². The lowest BCUT2D eigenvalue weighted by molar-refractivity contribution is 0.0604. The summed E-state index contributed by atoms with van der Waals surface area (Å²) >= 11 is 1.49. The predicted molar refractivity (Wildman–Crippen MR) is 92.9 cm³/mol. The number of hydrogen-bond donors (Lipinski definition) is 3. The fraction of sp³-hybridized carbons (Fsp3) is 0.176. The SMILES string of the molecule is CC(O)(CNC(=O)Nc1cc(-c2ccccc2)on1)c1ccsc1. The zero-order chi connectivity index (χ0) is 17.0. The van der Waals surface area contributed by atoms with E-state index < -0.39 is 11.6 Å². The molecule has 0 saturated heterocycles. The molecule has 1 atom stereocenters. The average molecular weight is 343 g/mol. The normalized spacial score (nSPS) is 13.2. The first kappa shape index (κ1) is 16.2. The molecule has 0 aliphatic carbocycles. The number of aliphatic hydroxyl groups is 1. The topological polar surface area (TPSA) is 87.4 Å². The second-order valence-corrected chi connectivity index (χ2v) is 6.32. The van der Waals surface area contributed by atoms with E-state index in [1.54, 1.807) is 13.0 Å². The third kappa shape index (κ3) is 3.81. The van der Waals surface area contributed by atoms with Crippen molar-refractivity contribution in [3.63, 3.8) is 0 Å². The Morgan fingerprint density at radius 1 is 1.33 bits per heavy atom. The highest BCUT2D eigenvalue weighted by molar-refractivity contribution is 7.08. The van der Waals surface area contributed by atoms with E-state index in [2.05, 4.69) is 15.8 Å². The number of amides is 2. The molecular formula is C17H17N3O3S. The lowest BCUT2D eigenvalue weighted by atomic mass is 9.99. The van der Waals surface area contributed by atoms with Gasteiger partial charge >= 0.3 is 6.03 Å². The lowest BCUT2D eigenvalue weighted by Crippen LogP contribution is -2.40. The lowest BCUT2D eigenvalue weighted by Gasteiger charge is -2.22. The Kier molecular flexibility index (Phi) is 4.64. The summed E-state index contributed by atoms with van der Waals surface area (Å²) in [6.45, 7) is 1.73. The van der Waals surface area contributed by atoms with Crippen LogP contribution in [0.2, 0.25) is 0 Å². The van der Waals surface area contributed by atoms with Crippen LogP contribution in [0.1, 0.15) is 12.5 Å². The average Bonchev–Trinajstić information content (AvgIpc) is 3.26. The van der Waals surface area contributed by atoms with Crippen LogP contribution >= 0.6 is 11.3 Å². The summed E-state index contributed by atoms with van der Waals surface area (Å²) in [6, 6.07) is 12.5. The summed E-state index contributed by atoms with van der Waals surface area (Å²) in [4.78, 5) is 12.0. The summed E-state index contributed by atoms with van der Waals surface area (Å²) in [5.74, 6) is 0.873. The molecule has 124 valence electrons. The highest BCUT2D eigenvalue weighted by atomic mass is 32.1. The first-order chi connectivity index (χ1) is 11.5. The Bertz CT molecular complexity index is 798.